The molecular weight excluding hydrogens is 681 g/mol. The SMILES string of the molecule is c1cc2ccc3cccc4c(-c5c6cccc(-c7ccc8oc9ccccc9c8c7)c6cc6c(-c7ccc8oc9ccccc9c8c7)cccc56)cc(c1)c2c34. The number of para-hydroxylation sites is 2. The maximum Gasteiger partial charge on any atom is 0.135 e. The highest BCUT2D eigenvalue weighted by atomic mass is 16.3. The first-order chi connectivity index (χ1) is 27.7. The van der Waals surface area contributed by atoms with Gasteiger partial charge in [-0.1, -0.05) is 133 Å². The molecule has 11 aromatic carbocycles. The zero-order valence-electron chi connectivity index (χ0n) is 30.1. The number of rotatable bonds is 3. The van der Waals surface area contributed by atoms with Gasteiger partial charge in [-0.2, -0.15) is 0 Å². The summed E-state index contributed by atoms with van der Waals surface area (Å²) in [6.07, 6.45) is 0. The van der Waals surface area contributed by atoms with E-state index in [2.05, 4.69) is 158 Å². The van der Waals surface area contributed by atoms with Crippen molar-refractivity contribution in [1.82, 2.24) is 0 Å². The van der Waals surface area contributed by atoms with Crippen LogP contribution < -0.4 is 0 Å². The summed E-state index contributed by atoms with van der Waals surface area (Å²) in [7, 11) is 0. The van der Waals surface area contributed by atoms with Gasteiger partial charge < -0.3 is 8.83 Å². The van der Waals surface area contributed by atoms with E-state index in [1.54, 1.807) is 0 Å². The van der Waals surface area contributed by atoms with Gasteiger partial charge in [0.2, 0.25) is 0 Å². The van der Waals surface area contributed by atoms with Crippen molar-refractivity contribution in [2.75, 3.05) is 0 Å². The molecule has 2 nitrogen and oxygen atoms in total. The van der Waals surface area contributed by atoms with Gasteiger partial charge >= 0.3 is 0 Å². The quantitative estimate of drug-likeness (QED) is 0.135. The highest BCUT2D eigenvalue weighted by Gasteiger charge is 2.21. The summed E-state index contributed by atoms with van der Waals surface area (Å²) in [5.41, 5.74) is 10.8. The summed E-state index contributed by atoms with van der Waals surface area (Å²) < 4.78 is 12.5. The van der Waals surface area contributed by atoms with E-state index in [-0.39, 0.29) is 0 Å². The van der Waals surface area contributed by atoms with E-state index >= 15 is 0 Å². The van der Waals surface area contributed by atoms with Gasteiger partial charge in [-0.05, 0) is 136 Å². The van der Waals surface area contributed by atoms with Crippen molar-refractivity contribution in [1.29, 1.82) is 0 Å². The summed E-state index contributed by atoms with van der Waals surface area (Å²) >= 11 is 0. The van der Waals surface area contributed by atoms with Crippen LogP contribution in [0.25, 0.3) is 131 Å². The zero-order chi connectivity index (χ0) is 36.5. The Balaban J connectivity index is 1.17. The molecule has 2 aromatic heterocycles. The Bertz CT molecular complexity index is 3590. The Morgan fingerprint density at radius 1 is 0.250 bits per heavy atom. The molecule has 0 aliphatic carbocycles. The highest BCUT2D eigenvalue weighted by molar-refractivity contribution is 6.30. The first-order valence-electron chi connectivity index (χ1n) is 19.2. The molecule has 0 spiro atoms. The highest BCUT2D eigenvalue weighted by Crippen LogP contribution is 2.48. The van der Waals surface area contributed by atoms with Gasteiger partial charge in [0.05, 0.1) is 0 Å². The van der Waals surface area contributed by atoms with Crippen LogP contribution in [0.2, 0.25) is 0 Å². The molecule has 0 saturated carbocycles. The lowest BCUT2D eigenvalue weighted by Gasteiger charge is -2.20. The molecule has 0 radical (unpaired) electrons. The number of benzene rings is 11. The van der Waals surface area contributed by atoms with Crippen LogP contribution in [-0.2, 0) is 0 Å². The van der Waals surface area contributed by atoms with E-state index in [0.717, 1.165) is 43.9 Å². The molecule has 56 heavy (non-hydrogen) atoms. The average molecular weight is 711 g/mol. The Hall–Kier alpha value is -7.42. The predicted molar refractivity (Wildman–Crippen MR) is 236 cm³/mol. The molecule has 13 rings (SSSR count). The lowest BCUT2D eigenvalue weighted by molar-refractivity contribution is 0.668. The Morgan fingerprint density at radius 2 is 0.732 bits per heavy atom. The predicted octanol–water partition coefficient (Wildman–Crippen LogP) is 15.7. The number of fused-ring (bicyclic) bond motifs is 8. The van der Waals surface area contributed by atoms with Crippen molar-refractivity contribution in [3.05, 3.63) is 182 Å². The normalized spacial score (nSPS) is 12.3. The van der Waals surface area contributed by atoms with Crippen LogP contribution in [0.5, 0.6) is 0 Å². The number of hydrogen-bond acceptors (Lipinski definition) is 2. The van der Waals surface area contributed by atoms with Crippen LogP contribution >= 0.6 is 0 Å². The molecule has 258 valence electrons. The molecule has 0 saturated heterocycles. The molecule has 0 bridgehead atoms. The second kappa shape index (κ2) is 11.1. The maximum absolute atomic E-state index is 6.27. The minimum Gasteiger partial charge on any atom is -0.456 e. The summed E-state index contributed by atoms with van der Waals surface area (Å²) in [5.74, 6) is 0. The molecule has 0 aliphatic rings. The third kappa shape index (κ3) is 4.10. The van der Waals surface area contributed by atoms with E-state index in [1.807, 2.05) is 24.3 Å². The van der Waals surface area contributed by atoms with Crippen molar-refractivity contribution < 1.29 is 8.83 Å². The zero-order valence-corrected chi connectivity index (χ0v) is 30.1. The fraction of sp³-hybridized carbons (Fsp3) is 0. The standard InChI is InChI=1S/C54H30O2/c1-3-19-48-38(12-1)45-27-33(23-25-50(45)55-48)36-14-7-17-40-43(36)30-44-37(34-24-26-51-46(28-34)39-13-2-4-20-49(39)56-51)15-8-18-41(44)54(40)47-29-35-11-5-9-31-21-22-32-10-6-16-42(47)53(32)52(31)35/h1-30H. The second-order valence-electron chi connectivity index (χ2n) is 15.1. The van der Waals surface area contributed by atoms with Crippen molar-refractivity contribution in [2.24, 2.45) is 0 Å². The van der Waals surface area contributed by atoms with Gasteiger partial charge in [0.25, 0.3) is 0 Å². The Morgan fingerprint density at radius 3 is 1.36 bits per heavy atom. The molecule has 2 heterocycles. The smallest absolute Gasteiger partial charge is 0.135 e. The van der Waals surface area contributed by atoms with Gasteiger partial charge in [0, 0.05) is 21.5 Å². The van der Waals surface area contributed by atoms with Crippen LogP contribution in [0, 0.1) is 0 Å². The third-order valence-electron chi connectivity index (χ3n) is 12.2. The number of furan rings is 2. The molecule has 2 heteroatoms. The van der Waals surface area contributed by atoms with Crippen molar-refractivity contribution in [3.8, 4) is 33.4 Å². The van der Waals surface area contributed by atoms with Gasteiger partial charge in [-0.15, -0.1) is 0 Å². The lowest BCUT2D eigenvalue weighted by Crippen LogP contribution is -1.93. The van der Waals surface area contributed by atoms with Gasteiger partial charge in [-0.3, -0.25) is 0 Å². The molecule has 0 aliphatic heterocycles. The van der Waals surface area contributed by atoms with Gasteiger partial charge in [-0.25, -0.2) is 0 Å². The van der Waals surface area contributed by atoms with E-state index in [9.17, 15) is 0 Å². The molecule has 13 aromatic rings. The fourth-order valence-corrected chi connectivity index (χ4v) is 9.72. The van der Waals surface area contributed by atoms with E-state index in [0.29, 0.717) is 0 Å². The fourth-order valence-electron chi connectivity index (χ4n) is 9.72. The monoisotopic (exact) mass is 710 g/mol. The first kappa shape index (κ1) is 30.0. The van der Waals surface area contributed by atoms with Crippen LogP contribution in [0.15, 0.2) is 191 Å². The van der Waals surface area contributed by atoms with Crippen molar-refractivity contribution in [2.45, 2.75) is 0 Å². The summed E-state index contributed by atoms with van der Waals surface area (Å²) in [6.45, 7) is 0. The molecular formula is C54H30O2. The molecule has 0 unspecified atom stereocenters. The maximum atomic E-state index is 6.27. The molecule has 0 amide bonds. The van der Waals surface area contributed by atoms with Gasteiger partial charge in [0.15, 0.2) is 0 Å². The minimum absolute atomic E-state index is 0.902. The largest absolute Gasteiger partial charge is 0.456 e. The van der Waals surface area contributed by atoms with Crippen LogP contribution in [0.4, 0.5) is 0 Å². The van der Waals surface area contributed by atoms with Crippen molar-refractivity contribution in [3.63, 3.8) is 0 Å². The van der Waals surface area contributed by atoms with Gasteiger partial charge in [0.1, 0.15) is 22.3 Å². The molecule has 0 N–H and O–H groups in total. The first-order valence-corrected chi connectivity index (χ1v) is 19.2. The van der Waals surface area contributed by atoms with E-state index < -0.39 is 0 Å². The minimum atomic E-state index is 0.902. The van der Waals surface area contributed by atoms with Crippen LogP contribution in [0.1, 0.15) is 0 Å². The Kier molecular flexibility index (Phi) is 5.92. The summed E-state index contributed by atoms with van der Waals surface area (Å²) in [6, 6.07) is 66.5. The molecule has 0 fully saturated rings. The van der Waals surface area contributed by atoms with E-state index in [4.69, 9.17) is 8.83 Å². The second-order valence-corrected chi connectivity index (χ2v) is 15.1. The van der Waals surface area contributed by atoms with Crippen LogP contribution in [0.3, 0.4) is 0 Å². The Labute approximate surface area is 320 Å². The van der Waals surface area contributed by atoms with Crippen molar-refractivity contribution >= 4 is 97.7 Å². The topological polar surface area (TPSA) is 26.3 Å². The number of hydrogen-bond donors (Lipinski definition) is 0. The molecule has 0 atom stereocenters. The summed E-state index contributed by atoms with van der Waals surface area (Å²) in [5, 5.41) is 17.1. The summed E-state index contributed by atoms with van der Waals surface area (Å²) in [4.78, 5) is 0. The van der Waals surface area contributed by atoms with Crippen LogP contribution in [-0.4, -0.2) is 0 Å². The average Bonchev–Trinajstić information content (AvgIpc) is 3.82. The third-order valence-corrected chi connectivity index (χ3v) is 12.2. The lowest BCUT2D eigenvalue weighted by atomic mass is 9.83. The van der Waals surface area contributed by atoms with E-state index in [1.165, 1.54) is 87.2 Å².